The van der Waals surface area contributed by atoms with Crippen molar-refractivity contribution in [1.82, 2.24) is 4.90 Å². The van der Waals surface area contributed by atoms with Gasteiger partial charge in [0.2, 0.25) is 0 Å². The number of rotatable bonds is 8. The number of aliphatic hydroxyl groups is 1. The lowest BCUT2D eigenvalue weighted by Gasteiger charge is -2.37. The number of aliphatic hydroxyl groups excluding tert-OH is 1. The quantitative estimate of drug-likeness (QED) is 0.673. The molecule has 0 aliphatic carbocycles. The third kappa shape index (κ3) is 7.32. The Hall–Kier alpha value is -1.57. The van der Waals surface area contributed by atoms with Crippen molar-refractivity contribution >= 4 is 30.5 Å². The summed E-state index contributed by atoms with van der Waals surface area (Å²) in [6.07, 6.45) is -0.588. The average molecular weight is 447 g/mol. The number of methoxy groups -OCH3 is 1. The molecular weight excluding hydrogens is 418 g/mol. The molecule has 2 aromatic rings. The van der Waals surface area contributed by atoms with Crippen LogP contribution >= 0.6 is 24.8 Å². The van der Waals surface area contributed by atoms with Gasteiger partial charge in [0, 0.05) is 38.3 Å². The van der Waals surface area contributed by atoms with Gasteiger partial charge in [-0.05, 0) is 18.2 Å². The summed E-state index contributed by atoms with van der Waals surface area (Å²) in [7, 11) is 1.69. The molecule has 0 aromatic heterocycles. The first-order chi connectivity index (χ1) is 13.2. The molecule has 1 aliphatic heterocycles. The highest BCUT2D eigenvalue weighted by Gasteiger charge is 2.21. The van der Waals surface area contributed by atoms with Crippen molar-refractivity contribution in [2.45, 2.75) is 12.7 Å². The van der Waals surface area contributed by atoms with Crippen molar-refractivity contribution in [3.8, 4) is 5.75 Å². The summed E-state index contributed by atoms with van der Waals surface area (Å²) in [6, 6.07) is 14.6. The molecule has 1 saturated heterocycles. The molecule has 2 aromatic carbocycles. The molecule has 1 unspecified atom stereocenters. The van der Waals surface area contributed by atoms with E-state index < -0.39 is 6.10 Å². The molecule has 5 nitrogen and oxygen atoms in total. The van der Waals surface area contributed by atoms with Crippen LogP contribution in [-0.4, -0.2) is 62.6 Å². The van der Waals surface area contributed by atoms with Gasteiger partial charge >= 0.3 is 0 Å². The monoisotopic (exact) mass is 446 g/mol. The van der Waals surface area contributed by atoms with Gasteiger partial charge in [-0.15, -0.1) is 24.8 Å². The number of nitrogens with zero attached hydrogens (tertiary/aromatic N) is 2. The van der Waals surface area contributed by atoms with Gasteiger partial charge in [0.15, 0.2) is 0 Å². The van der Waals surface area contributed by atoms with E-state index in [1.165, 1.54) is 6.07 Å². The van der Waals surface area contributed by atoms with E-state index >= 15 is 0 Å². The van der Waals surface area contributed by atoms with Crippen LogP contribution in [0.15, 0.2) is 48.5 Å². The summed E-state index contributed by atoms with van der Waals surface area (Å²) in [5, 5.41) is 10.2. The maximum Gasteiger partial charge on any atom is 0.142 e. The Balaban J connectivity index is 0.00000210. The van der Waals surface area contributed by atoms with Crippen LogP contribution in [-0.2, 0) is 11.3 Å². The molecule has 1 atom stereocenters. The molecule has 0 bridgehead atoms. The Bertz CT molecular complexity index is 731. The molecule has 162 valence electrons. The highest BCUT2D eigenvalue weighted by molar-refractivity contribution is 5.85. The van der Waals surface area contributed by atoms with E-state index in [0.29, 0.717) is 12.1 Å². The first-order valence-corrected chi connectivity index (χ1v) is 9.27. The number of piperazine rings is 1. The lowest BCUT2D eigenvalue weighted by atomic mass is 10.2. The molecule has 0 spiro atoms. The fourth-order valence-corrected chi connectivity index (χ4v) is 3.33. The van der Waals surface area contributed by atoms with Crippen molar-refractivity contribution in [1.29, 1.82) is 0 Å². The number of hydrogen-bond acceptors (Lipinski definition) is 5. The predicted octanol–water partition coefficient (Wildman–Crippen LogP) is 3.38. The Morgan fingerprint density at radius 3 is 2.34 bits per heavy atom. The fraction of sp³-hybridized carbons (Fsp3) is 0.429. The molecule has 29 heavy (non-hydrogen) atoms. The molecule has 8 heteroatoms. The van der Waals surface area contributed by atoms with Gasteiger partial charge < -0.3 is 19.5 Å². The summed E-state index contributed by atoms with van der Waals surface area (Å²) in [6.45, 7) is 4.40. The van der Waals surface area contributed by atoms with E-state index in [0.717, 1.165) is 37.6 Å². The zero-order valence-corrected chi connectivity index (χ0v) is 18.1. The average Bonchev–Trinajstić information content (AvgIpc) is 2.70. The van der Waals surface area contributed by atoms with E-state index in [2.05, 4.69) is 15.9 Å². The summed E-state index contributed by atoms with van der Waals surface area (Å²) in [5.41, 5.74) is 1.61. The molecule has 0 radical (unpaired) electrons. The van der Waals surface area contributed by atoms with Crippen LogP contribution < -0.4 is 9.64 Å². The van der Waals surface area contributed by atoms with E-state index in [1.54, 1.807) is 25.3 Å². The van der Waals surface area contributed by atoms with Crippen molar-refractivity contribution in [3.05, 3.63) is 59.9 Å². The van der Waals surface area contributed by atoms with Crippen LogP contribution in [0.4, 0.5) is 10.1 Å². The van der Waals surface area contributed by atoms with Crippen LogP contribution in [0.1, 0.15) is 5.56 Å². The molecular formula is C21H29Cl2FN2O3. The number of β-amino-alcohol motifs (C(OH)–C–C–N with tert-alkyl or cyclic N) is 1. The highest BCUT2D eigenvalue weighted by atomic mass is 35.5. The molecule has 1 fully saturated rings. The van der Waals surface area contributed by atoms with Crippen molar-refractivity contribution in [3.63, 3.8) is 0 Å². The minimum atomic E-state index is -0.588. The van der Waals surface area contributed by atoms with Crippen LogP contribution in [0, 0.1) is 5.82 Å². The zero-order chi connectivity index (χ0) is 19.1. The molecule has 1 aliphatic rings. The van der Waals surface area contributed by atoms with Gasteiger partial charge in [-0.3, -0.25) is 4.90 Å². The Labute approximate surface area is 184 Å². The summed E-state index contributed by atoms with van der Waals surface area (Å²) < 4.78 is 24.5. The van der Waals surface area contributed by atoms with E-state index in [4.69, 9.17) is 9.47 Å². The molecule has 1 heterocycles. The second-order valence-electron chi connectivity index (χ2n) is 6.72. The summed E-state index contributed by atoms with van der Waals surface area (Å²) >= 11 is 0. The van der Waals surface area contributed by atoms with E-state index in [1.807, 2.05) is 18.2 Å². The second kappa shape index (κ2) is 12.9. The van der Waals surface area contributed by atoms with Gasteiger partial charge in [0.25, 0.3) is 0 Å². The number of benzene rings is 2. The third-order valence-corrected chi connectivity index (χ3v) is 4.79. The minimum absolute atomic E-state index is 0. The maximum atomic E-state index is 13.6. The molecule has 0 amide bonds. The van der Waals surface area contributed by atoms with Crippen LogP contribution in [0.3, 0.4) is 0 Å². The topological polar surface area (TPSA) is 45.2 Å². The fourth-order valence-electron chi connectivity index (χ4n) is 3.33. The SMILES string of the molecule is COc1ccccc1N1CCN(CC(O)COCc2ccccc2F)CC1.Cl.Cl. The first-order valence-electron chi connectivity index (χ1n) is 9.27. The summed E-state index contributed by atoms with van der Waals surface area (Å²) in [4.78, 5) is 4.53. The number of anilines is 1. The van der Waals surface area contributed by atoms with Crippen LogP contribution in [0.25, 0.3) is 0 Å². The van der Waals surface area contributed by atoms with Gasteiger partial charge in [-0.25, -0.2) is 4.39 Å². The number of halogens is 3. The minimum Gasteiger partial charge on any atom is -0.495 e. The maximum absolute atomic E-state index is 13.6. The van der Waals surface area contributed by atoms with Gasteiger partial charge in [-0.1, -0.05) is 30.3 Å². The number of ether oxygens (including phenoxy) is 2. The Morgan fingerprint density at radius 1 is 1.00 bits per heavy atom. The van der Waals surface area contributed by atoms with Crippen LogP contribution in [0.5, 0.6) is 5.75 Å². The molecule has 0 saturated carbocycles. The third-order valence-electron chi connectivity index (χ3n) is 4.79. The smallest absolute Gasteiger partial charge is 0.142 e. The molecule has 1 N–H and O–H groups in total. The largest absolute Gasteiger partial charge is 0.495 e. The van der Waals surface area contributed by atoms with Gasteiger partial charge in [0.1, 0.15) is 11.6 Å². The molecule has 3 rings (SSSR count). The highest BCUT2D eigenvalue weighted by Crippen LogP contribution is 2.28. The Morgan fingerprint density at radius 2 is 1.66 bits per heavy atom. The first kappa shape index (κ1) is 25.5. The normalized spacial score (nSPS) is 15.2. The van der Waals surface area contributed by atoms with Crippen molar-refractivity contribution in [2.24, 2.45) is 0 Å². The zero-order valence-electron chi connectivity index (χ0n) is 16.5. The van der Waals surface area contributed by atoms with Crippen molar-refractivity contribution in [2.75, 3.05) is 51.3 Å². The lowest BCUT2D eigenvalue weighted by Crippen LogP contribution is -2.49. The van der Waals surface area contributed by atoms with Gasteiger partial charge in [0.05, 0.1) is 32.1 Å². The number of para-hydroxylation sites is 2. The summed E-state index contributed by atoms with van der Waals surface area (Å²) in [5.74, 6) is 0.604. The second-order valence-corrected chi connectivity index (χ2v) is 6.72. The van der Waals surface area contributed by atoms with Gasteiger partial charge in [-0.2, -0.15) is 0 Å². The standard InChI is InChI=1S/C21H27FN2O3.2ClH/c1-26-21-9-5-4-8-20(21)24-12-10-23(11-13-24)14-18(25)16-27-15-17-6-2-3-7-19(17)22;;/h2-9,18,25H,10-16H2,1H3;2*1H. The van der Waals surface area contributed by atoms with Crippen molar-refractivity contribution < 1.29 is 19.0 Å². The van der Waals surface area contributed by atoms with E-state index in [-0.39, 0.29) is 43.8 Å². The van der Waals surface area contributed by atoms with Crippen LogP contribution in [0.2, 0.25) is 0 Å². The lowest BCUT2D eigenvalue weighted by molar-refractivity contribution is 0.00838. The van der Waals surface area contributed by atoms with E-state index in [9.17, 15) is 9.50 Å². The predicted molar refractivity (Wildman–Crippen MR) is 118 cm³/mol. The number of hydrogen-bond donors (Lipinski definition) is 1. The Kier molecular flexibility index (Phi) is 11.3.